The zero-order chi connectivity index (χ0) is 16.8. The minimum Gasteiger partial charge on any atom is -0.482 e. The lowest BCUT2D eigenvalue weighted by Gasteiger charge is -2.32. The van der Waals surface area contributed by atoms with Gasteiger partial charge in [0.1, 0.15) is 5.75 Å². The van der Waals surface area contributed by atoms with E-state index in [1.807, 2.05) is 12.1 Å². The van der Waals surface area contributed by atoms with Crippen LogP contribution in [-0.4, -0.2) is 74.8 Å². The molecule has 6 nitrogen and oxygen atoms in total. The van der Waals surface area contributed by atoms with Crippen LogP contribution >= 0.6 is 0 Å². The maximum absolute atomic E-state index is 11.1. The molecular formula is C18H27N3O3. The van der Waals surface area contributed by atoms with E-state index in [2.05, 4.69) is 32.0 Å². The molecule has 0 amide bonds. The number of hydrogen-bond acceptors (Lipinski definition) is 6. The van der Waals surface area contributed by atoms with Gasteiger partial charge in [-0.25, -0.2) is 4.79 Å². The highest BCUT2D eigenvalue weighted by atomic mass is 16.6. The van der Waals surface area contributed by atoms with Crippen LogP contribution in [0.5, 0.6) is 5.75 Å². The Bertz CT molecular complexity index is 529. The second kappa shape index (κ2) is 8.46. The fraction of sp³-hybridized carbons (Fsp3) is 0.611. The molecule has 2 heterocycles. The predicted octanol–water partition coefficient (Wildman–Crippen LogP) is 0.718. The summed E-state index contributed by atoms with van der Waals surface area (Å²) in [6, 6.07) is 8.69. The van der Waals surface area contributed by atoms with E-state index in [4.69, 9.17) is 4.74 Å². The molecule has 0 spiro atoms. The Labute approximate surface area is 143 Å². The number of piperazine rings is 1. The number of methoxy groups -OCH3 is 1. The Kier molecular flexibility index (Phi) is 6.07. The van der Waals surface area contributed by atoms with Gasteiger partial charge in [0.2, 0.25) is 0 Å². The zero-order valence-electron chi connectivity index (χ0n) is 14.4. The monoisotopic (exact) mass is 333 g/mol. The van der Waals surface area contributed by atoms with E-state index < -0.39 is 0 Å². The van der Waals surface area contributed by atoms with Crippen LogP contribution in [-0.2, 0) is 16.1 Å². The molecule has 0 saturated carbocycles. The first-order valence-electron chi connectivity index (χ1n) is 8.70. The number of likely N-dealkylation sites (tertiary alicyclic amines) is 1. The van der Waals surface area contributed by atoms with E-state index in [1.165, 1.54) is 32.2 Å². The van der Waals surface area contributed by atoms with Crippen LogP contribution in [0.4, 0.5) is 0 Å². The number of nitrogens with zero attached hydrogens (tertiary/aromatic N) is 2. The molecule has 1 atom stereocenters. The molecule has 0 radical (unpaired) electrons. The SMILES string of the molecule is COC(=O)COc1ccc(CN2CCC(N3CCNCC3)C2)cc1. The van der Waals surface area contributed by atoms with E-state index in [0.717, 1.165) is 32.7 Å². The first-order chi connectivity index (χ1) is 11.7. The number of carbonyl (C=O) groups excluding carboxylic acids is 1. The van der Waals surface area contributed by atoms with Gasteiger partial charge in [-0.05, 0) is 24.1 Å². The lowest BCUT2D eigenvalue weighted by atomic mass is 10.2. The summed E-state index contributed by atoms with van der Waals surface area (Å²) >= 11 is 0. The summed E-state index contributed by atoms with van der Waals surface area (Å²) in [6.45, 7) is 7.81. The van der Waals surface area contributed by atoms with Crippen LogP contribution in [0.2, 0.25) is 0 Å². The third-order valence-electron chi connectivity index (χ3n) is 4.83. The maximum Gasteiger partial charge on any atom is 0.343 e. The molecule has 2 saturated heterocycles. The molecule has 3 rings (SSSR count). The maximum atomic E-state index is 11.1. The molecule has 1 unspecified atom stereocenters. The topological polar surface area (TPSA) is 54.0 Å². The summed E-state index contributed by atoms with van der Waals surface area (Å²) in [7, 11) is 1.36. The Hall–Kier alpha value is -1.63. The summed E-state index contributed by atoms with van der Waals surface area (Å²) in [6.07, 6.45) is 1.26. The second-order valence-electron chi connectivity index (χ2n) is 6.47. The van der Waals surface area contributed by atoms with Crippen molar-refractivity contribution >= 4 is 5.97 Å². The third-order valence-corrected chi connectivity index (χ3v) is 4.83. The van der Waals surface area contributed by atoms with E-state index in [-0.39, 0.29) is 12.6 Å². The molecule has 24 heavy (non-hydrogen) atoms. The zero-order valence-corrected chi connectivity index (χ0v) is 14.4. The van der Waals surface area contributed by atoms with Crippen LogP contribution in [0, 0.1) is 0 Å². The van der Waals surface area contributed by atoms with Crippen molar-refractivity contribution in [2.75, 3.05) is 53.0 Å². The normalized spacial score (nSPS) is 22.5. The molecule has 2 fully saturated rings. The van der Waals surface area contributed by atoms with Crippen molar-refractivity contribution in [2.24, 2.45) is 0 Å². The van der Waals surface area contributed by atoms with Crippen LogP contribution in [0.15, 0.2) is 24.3 Å². The van der Waals surface area contributed by atoms with Gasteiger partial charge in [0.25, 0.3) is 0 Å². The molecule has 0 aromatic heterocycles. The van der Waals surface area contributed by atoms with Crippen molar-refractivity contribution in [3.8, 4) is 5.75 Å². The van der Waals surface area contributed by atoms with Gasteiger partial charge in [-0.15, -0.1) is 0 Å². The third kappa shape index (κ3) is 4.69. The van der Waals surface area contributed by atoms with Crippen LogP contribution in [0.3, 0.4) is 0 Å². The van der Waals surface area contributed by atoms with Gasteiger partial charge in [0.05, 0.1) is 7.11 Å². The number of esters is 1. The minimum atomic E-state index is -0.366. The average molecular weight is 333 g/mol. The van der Waals surface area contributed by atoms with Crippen LogP contribution < -0.4 is 10.1 Å². The molecule has 2 aliphatic rings. The van der Waals surface area contributed by atoms with E-state index in [0.29, 0.717) is 11.8 Å². The first-order valence-corrected chi connectivity index (χ1v) is 8.70. The molecule has 132 valence electrons. The average Bonchev–Trinajstić information content (AvgIpc) is 3.10. The molecule has 1 aromatic rings. The summed E-state index contributed by atoms with van der Waals surface area (Å²) in [4.78, 5) is 16.2. The summed E-state index contributed by atoms with van der Waals surface area (Å²) in [5.74, 6) is 0.333. The lowest BCUT2D eigenvalue weighted by Crippen LogP contribution is -2.49. The summed E-state index contributed by atoms with van der Waals surface area (Å²) in [5, 5.41) is 3.42. The number of carbonyl (C=O) groups is 1. The fourth-order valence-electron chi connectivity index (χ4n) is 3.45. The molecule has 6 heteroatoms. The van der Waals surface area contributed by atoms with Crippen LogP contribution in [0.25, 0.3) is 0 Å². The molecule has 0 aliphatic carbocycles. The molecular weight excluding hydrogens is 306 g/mol. The molecule has 1 aromatic carbocycles. The number of rotatable bonds is 6. The number of nitrogens with one attached hydrogen (secondary N) is 1. The van der Waals surface area contributed by atoms with Crippen LogP contribution in [0.1, 0.15) is 12.0 Å². The van der Waals surface area contributed by atoms with Gasteiger partial charge >= 0.3 is 5.97 Å². The van der Waals surface area contributed by atoms with Crippen molar-refractivity contribution in [2.45, 2.75) is 19.0 Å². The van der Waals surface area contributed by atoms with Gasteiger partial charge in [-0.1, -0.05) is 12.1 Å². The van der Waals surface area contributed by atoms with Gasteiger partial charge in [-0.3, -0.25) is 9.80 Å². The fourth-order valence-corrected chi connectivity index (χ4v) is 3.45. The summed E-state index contributed by atoms with van der Waals surface area (Å²) in [5.41, 5.74) is 1.28. The van der Waals surface area contributed by atoms with Gasteiger partial charge in [-0.2, -0.15) is 0 Å². The first kappa shape index (κ1) is 17.2. The second-order valence-corrected chi connectivity index (χ2v) is 6.47. The van der Waals surface area contributed by atoms with Gasteiger partial charge in [0.15, 0.2) is 6.61 Å². The summed E-state index contributed by atoms with van der Waals surface area (Å²) < 4.78 is 9.95. The van der Waals surface area contributed by atoms with Crippen molar-refractivity contribution in [3.05, 3.63) is 29.8 Å². The quantitative estimate of drug-likeness (QED) is 0.774. The predicted molar refractivity (Wildman–Crippen MR) is 92.1 cm³/mol. The van der Waals surface area contributed by atoms with Gasteiger partial charge < -0.3 is 14.8 Å². The highest BCUT2D eigenvalue weighted by molar-refractivity contribution is 5.70. The van der Waals surface area contributed by atoms with Gasteiger partial charge in [0, 0.05) is 51.9 Å². The van der Waals surface area contributed by atoms with E-state index >= 15 is 0 Å². The Morgan fingerprint density at radius 3 is 2.67 bits per heavy atom. The van der Waals surface area contributed by atoms with Crippen molar-refractivity contribution in [1.82, 2.24) is 15.1 Å². The van der Waals surface area contributed by atoms with E-state index in [9.17, 15) is 4.79 Å². The Balaban J connectivity index is 1.45. The number of benzene rings is 1. The number of ether oxygens (including phenoxy) is 2. The Morgan fingerprint density at radius 1 is 1.21 bits per heavy atom. The Morgan fingerprint density at radius 2 is 1.96 bits per heavy atom. The highest BCUT2D eigenvalue weighted by Gasteiger charge is 2.28. The largest absolute Gasteiger partial charge is 0.482 e. The smallest absolute Gasteiger partial charge is 0.343 e. The standard InChI is InChI=1S/C18H27N3O3/c1-23-18(22)14-24-17-4-2-15(3-5-17)12-20-9-6-16(13-20)21-10-7-19-8-11-21/h2-5,16,19H,6-14H2,1H3. The van der Waals surface area contributed by atoms with Crippen molar-refractivity contribution in [3.63, 3.8) is 0 Å². The molecule has 2 aliphatic heterocycles. The molecule has 1 N–H and O–H groups in total. The van der Waals surface area contributed by atoms with Crippen molar-refractivity contribution < 1.29 is 14.3 Å². The number of hydrogen-bond donors (Lipinski definition) is 1. The van der Waals surface area contributed by atoms with E-state index in [1.54, 1.807) is 0 Å². The van der Waals surface area contributed by atoms with Crippen molar-refractivity contribution in [1.29, 1.82) is 0 Å². The lowest BCUT2D eigenvalue weighted by molar-refractivity contribution is -0.142. The molecule has 0 bridgehead atoms. The minimum absolute atomic E-state index is 0.0473. The highest BCUT2D eigenvalue weighted by Crippen LogP contribution is 2.20.